The molecule has 1 unspecified atom stereocenters. The van der Waals surface area contributed by atoms with E-state index < -0.39 is 6.04 Å². The number of hydrogen-bond donors (Lipinski definition) is 2. The maximum Gasteiger partial charge on any atom is 0.319 e. The van der Waals surface area contributed by atoms with Crippen LogP contribution in [0.15, 0.2) is 54.6 Å². The number of esters is 1. The van der Waals surface area contributed by atoms with Crippen molar-refractivity contribution in [3.8, 4) is 0 Å². The van der Waals surface area contributed by atoms with Gasteiger partial charge in [-0.3, -0.25) is 4.79 Å². The molecule has 5 heteroatoms. The first kappa shape index (κ1) is 18.5. The van der Waals surface area contributed by atoms with Crippen molar-refractivity contribution in [2.45, 2.75) is 39.3 Å². The topological polar surface area (TPSA) is 67.4 Å². The van der Waals surface area contributed by atoms with Gasteiger partial charge in [-0.1, -0.05) is 48.0 Å². The molecule has 0 radical (unpaired) electrons. The van der Waals surface area contributed by atoms with E-state index in [0.717, 1.165) is 11.1 Å². The van der Waals surface area contributed by atoms with Crippen LogP contribution in [0.4, 0.5) is 10.5 Å². The molecule has 2 aromatic rings. The summed E-state index contributed by atoms with van der Waals surface area (Å²) in [4.78, 5) is 24.3. The molecule has 0 aliphatic heterocycles. The highest BCUT2D eigenvalue weighted by Crippen LogP contribution is 2.19. The van der Waals surface area contributed by atoms with E-state index in [1.54, 1.807) is 26.0 Å². The summed E-state index contributed by atoms with van der Waals surface area (Å²) in [5.41, 5.74) is 2.66. The van der Waals surface area contributed by atoms with Gasteiger partial charge in [0, 0.05) is 5.69 Å². The Morgan fingerprint density at radius 1 is 1.00 bits per heavy atom. The van der Waals surface area contributed by atoms with Crippen LogP contribution in [0, 0.1) is 6.92 Å². The smallest absolute Gasteiger partial charge is 0.319 e. The van der Waals surface area contributed by atoms with Crippen LogP contribution in [0.2, 0.25) is 0 Å². The molecule has 132 valence electrons. The van der Waals surface area contributed by atoms with Gasteiger partial charge < -0.3 is 15.4 Å². The van der Waals surface area contributed by atoms with Crippen molar-refractivity contribution in [3.05, 3.63) is 65.7 Å². The Morgan fingerprint density at radius 3 is 2.24 bits per heavy atom. The van der Waals surface area contributed by atoms with Crippen LogP contribution in [-0.4, -0.2) is 18.1 Å². The highest BCUT2D eigenvalue weighted by Gasteiger charge is 2.20. The summed E-state index contributed by atoms with van der Waals surface area (Å²) < 4.78 is 5.22. The second-order valence-corrected chi connectivity index (χ2v) is 6.17. The highest BCUT2D eigenvalue weighted by molar-refractivity contribution is 5.89. The van der Waals surface area contributed by atoms with Gasteiger partial charge in [-0.25, -0.2) is 4.79 Å². The molecule has 5 nitrogen and oxygen atoms in total. The van der Waals surface area contributed by atoms with Crippen molar-refractivity contribution < 1.29 is 14.3 Å². The Balaban J connectivity index is 2.09. The first-order valence-electron chi connectivity index (χ1n) is 8.32. The number of rotatable bonds is 6. The third-order valence-electron chi connectivity index (χ3n) is 3.55. The number of ether oxygens (including phenoxy) is 1. The summed E-state index contributed by atoms with van der Waals surface area (Å²) in [5, 5.41) is 5.62. The minimum absolute atomic E-state index is 0.0729. The number of anilines is 1. The average molecular weight is 340 g/mol. The van der Waals surface area contributed by atoms with Gasteiger partial charge in [-0.05, 0) is 38.5 Å². The van der Waals surface area contributed by atoms with Gasteiger partial charge in [0.05, 0.1) is 18.6 Å². The summed E-state index contributed by atoms with van der Waals surface area (Å²) >= 11 is 0. The van der Waals surface area contributed by atoms with E-state index in [1.165, 1.54) is 0 Å². The van der Waals surface area contributed by atoms with Gasteiger partial charge in [0.2, 0.25) is 0 Å². The Morgan fingerprint density at radius 2 is 1.64 bits per heavy atom. The van der Waals surface area contributed by atoms with Crippen LogP contribution in [0.25, 0.3) is 0 Å². The summed E-state index contributed by atoms with van der Waals surface area (Å²) in [7, 11) is 0. The number of amides is 2. The van der Waals surface area contributed by atoms with Crippen molar-refractivity contribution in [1.29, 1.82) is 0 Å². The zero-order chi connectivity index (χ0) is 18.2. The summed E-state index contributed by atoms with van der Waals surface area (Å²) in [6.45, 7) is 5.59. The van der Waals surface area contributed by atoms with E-state index in [0.29, 0.717) is 5.69 Å². The molecule has 0 aromatic heterocycles. The van der Waals surface area contributed by atoms with Crippen LogP contribution < -0.4 is 10.6 Å². The summed E-state index contributed by atoms with van der Waals surface area (Å²) in [5.74, 6) is -0.347. The lowest BCUT2D eigenvalue weighted by atomic mass is 10.0. The predicted molar refractivity (Wildman–Crippen MR) is 98.4 cm³/mol. The monoisotopic (exact) mass is 340 g/mol. The maximum atomic E-state index is 12.3. The molecule has 2 N–H and O–H groups in total. The van der Waals surface area contributed by atoms with Gasteiger partial charge in [-0.15, -0.1) is 0 Å². The fourth-order valence-corrected chi connectivity index (χ4v) is 2.38. The fourth-order valence-electron chi connectivity index (χ4n) is 2.38. The SMILES string of the molecule is Cc1ccc(C(CC(=O)OC(C)C)NC(=O)Nc2ccccc2)cc1. The van der Waals surface area contributed by atoms with Gasteiger partial charge >= 0.3 is 12.0 Å². The lowest BCUT2D eigenvalue weighted by molar-refractivity contribution is -0.147. The number of para-hydroxylation sites is 1. The second-order valence-electron chi connectivity index (χ2n) is 6.17. The minimum Gasteiger partial charge on any atom is -0.463 e. The third-order valence-corrected chi connectivity index (χ3v) is 3.55. The van der Waals surface area contributed by atoms with Crippen LogP contribution >= 0.6 is 0 Å². The molecule has 0 aliphatic carbocycles. The lowest BCUT2D eigenvalue weighted by Gasteiger charge is -2.20. The molecule has 0 spiro atoms. The third kappa shape index (κ3) is 6.30. The molecule has 1 atom stereocenters. The highest BCUT2D eigenvalue weighted by atomic mass is 16.5. The number of aryl methyl sites for hydroxylation is 1. The van der Waals surface area contributed by atoms with Gasteiger partial charge in [0.15, 0.2) is 0 Å². The van der Waals surface area contributed by atoms with E-state index >= 15 is 0 Å². The molecule has 2 rings (SSSR count). The number of benzene rings is 2. The number of hydrogen-bond acceptors (Lipinski definition) is 3. The van der Waals surface area contributed by atoms with E-state index in [-0.39, 0.29) is 24.5 Å². The molecule has 0 bridgehead atoms. The molecule has 0 fully saturated rings. The predicted octanol–water partition coefficient (Wildman–Crippen LogP) is 4.20. The van der Waals surface area contributed by atoms with Crippen molar-refractivity contribution >= 4 is 17.7 Å². The normalized spacial score (nSPS) is 11.7. The van der Waals surface area contributed by atoms with E-state index in [4.69, 9.17) is 4.74 Å². The first-order valence-corrected chi connectivity index (χ1v) is 8.32. The van der Waals surface area contributed by atoms with Crippen LogP contribution in [0.3, 0.4) is 0 Å². The Bertz CT molecular complexity index is 697. The molecule has 25 heavy (non-hydrogen) atoms. The Hall–Kier alpha value is -2.82. The molecule has 0 saturated carbocycles. The molecule has 0 aliphatic rings. The van der Waals surface area contributed by atoms with Gasteiger partial charge in [-0.2, -0.15) is 0 Å². The second kappa shape index (κ2) is 8.87. The van der Waals surface area contributed by atoms with E-state index in [9.17, 15) is 9.59 Å². The fraction of sp³-hybridized carbons (Fsp3) is 0.300. The van der Waals surface area contributed by atoms with E-state index in [2.05, 4.69) is 10.6 Å². The summed E-state index contributed by atoms with van der Waals surface area (Å²) in [6, 6.07) is 16.0. The van der Waals surface area contributed by atoms with Crippen LogP contribution in [-0.2, 0) is 9.53 Å². The van der Waals surface area contributed by atoms with Crippen molar-refractivity contribution in [2.24, 2.45) is 0 Å². The Labute approximate surface area is 148 Å². The molecule has 0 heterocycles. The van der Waals surface area contributed by atoms with Crippen LogP contribution in [0.5, 0.6) is 0 Å². The van der Waals surface area contributed by atoms with Crippen LogP contribution in [0.1, 0.15) is 37.4 Å². The van der Waals surface area contributed by atoms with Crippen molar-refractivity contribution in [3.63, 3.8) is 0 Å². The maximum absolute atomic E-state index is 12.3. The zero-order valence-corrected chi connectivity index (χ0v) is 14.8. The molecule has 2 aromatic carbocycles. The summed E-state index contributed by atoms with van der Waals surface area (Å²) in [6.07, 6.45) is -0.118. The van der Waals surface area contributed by atoms with Gasteiger partial charge in [0.25, 0.3) is 0 Å². The largest absolute Gasteiger partial charge is 0.463 e. The van der Waals surface area contributed by atoms with Crippen molar-refractivity contribution in [2.75, 3.05) is 5.32 Å². The first-order chi connectivity index (χ1) is 11.9. The minimum atomic E-state index is -0.462. The average Bonchev–Trinajstić information content (AvgIpc) is 2.55. The Kier molecular flexibility index (Phi) is 6.57. The van der Waals surface area contributed by atoms with E-state index in [1.807, 2.05) is 49.4 Å². The number of carbonyl (C=O) groups excluding carboxylic acids is 2. The van der Waals surface area contributed by atoms with Crippen molar-refractivity contribution in [1.82, 2.24) is 5.32 Å². The zero-order valence-electron chi connectivity index (χ0n) is 14.8. The molecule has 2 amide bonds. The number of carbonyl (C=O) groups is 2. The molecule has 0 saturated heterocycles. The standard InChI is InChI=1S/C20H24N2O3/c1-14(2)25-19(23)13-18(16-11-9-15(3)10-12-16)22-20(24)21-17-7-5-4-6-8-17/h4-12,14,18H,13H2,1-3H3,(H2,21,22,24). The number of nitrogens with one attached hydrogen (secondary N) is 2. The molecular formula is C20H24N2O3. The quantitative estimate of drug-likeness (QED) is 0.775. The molecular weight excluding hydrogens is 316 g/mol. The number of urea groups is 1. The lowest BCUT2D eigenvalue weighted by Crippen LogP contribution is -2.34. The van der Waals surface area contributed by atoms with Gasteiger partial charge in [0.1, 0.15) is 0 Å².